The molecule has 2 aliphatic carbocycles. The molecule has 0 bridgehead atoms. The zero-order valence-corrected chi connectivity index (χ0v) is 16.7. The number of rotatable bonds is 3. The van der Waals surface area contributed by atoms with Crippen LogP contribution in [-0.4, -0.2) is 48.3 Å². The third-order valence-corrected chi connectivity index (χ3v) is 7.64. The summed E-state index contributed by atoms with van der Waals surface area (Å²) in [6, 6.07) is 3.33. The third kappa shape index (κ3) is 3.24. The van der Waals surface area contributed by atoms with Crippen molar-refractivity contribution in [3.63, 3.8) is 0 Å². The van der Waals surface area contributed by atoms with Crippen LogP contribution < -0.4 is 5.32 Å². The summed E-state index contributed by atoms with van der Waals surface area (Å²) in [6.07, 6.45) is 8.70. The van der Waals surface area contributed by atoms with E-state index in [4.69, 9.17) is 16.3 Å². The van der Waals surface area contributed by atoms with Crippen molar-refractivity contribution in [2.45, 2.75) is 57.0 Å². The molecule has 140 valence electrons. The molecule has 0 unspecified atom stereocenters. The molecular formula is C20H26ClN3OS. The van der Waals surface area contributed by atoms with E-state index in [0.717, 1.165) is 37.2 Å². The molecule has 5 rings (SSSR count). The largest absolute Gasteiger partial charge is 0.382 e. The third-order valence-electron chi connectivity index (χ3n) is 6.26. The molecule has 3 heterocycles. The predicted molar refractivity (Wildman–Crippen MR) is 109 cm³/mol. The van der Waals surface area contributed by atoms with Crippen molar-refractivity contribution in [1.29, 1.82) is 0 Å². The van der Waals surface area contributed by atoms with Crippen molar-refractivity contribution in [3.05, 3.63) is 21.7 Å². The molecule has 0 atom stereocenters. The quantitative estimate of drug-likeness (QED) is 0.782. The molecule has 0 amide bonds. The van der Waals surface area contributed by atoms with Gasteiger partial charge in [-0.2, -0.15) is 0 Å². The monoisotopic (exact) mass is 391 g/mol. The van der Waals surface area contributed by atoms with Gasteiger partial charge < -0.3 is 10.1 Å². The average Bonchev–Trinajstić information content (AvgIpc) is 3.23. The van der Waals surface area contributed by atoms with Crippen LogP contribution in [0, 0.1) is 0 Å². The molecule has 1 aliphatic heterocycles. The van der Waals surface area contributed by atoms with Crippen LogP contribution in [0.3, 0.4) is 0 Å². The van der Waals surface area contributed by atoms with E-state index in [0.29, 0.717) is 11.2 Å². The number of thiophene rings is 1. The molecule has 2 fully saturated rings. The van der Waals surface area contributed by atoms with Gasteiger partial charge in [-0.1, -0.05) is 11.6 Å². The van der Waals surface area contributed by atoms with Gasteiger partial charge in [0.05, 0.1) is 13.2 Å². The van der Waals surface area contributed by atoms with E-state index in [1.807, 2.05) is 17.4 Å². The summed E-state index contributed by atoms with van der Waals surface area (Å²) < 4.78 is 5.50. The topological polar surface area (TPSA) is 37.4 Å². The summed E-state index contributed by atoms with van der Waals surface area (Å²) in [5.41, 5.74) is 2.74. The lowest BCUT2D eigenvalue weighted by molar-refractivity contribution is 0.00791. The summed E-state index contributed by atoms with van der Waals surface area (Å²) in [5.74, 6) is 0. The Morgan fingerprint density at radius 2 is 1.96 bits per heavy atom. The Balaban J connectivity index is 1.31. The number of halogens is 1. The van der Waals surface area contributed by atoms with E-state index in [-0.39, 0.29) is 0 Å². The van der Waals surface area contributed by atoms with E-state index in [1.54, 1.807) is 0 Å². The maximum atomic E-state index is 6.33. The number of hydrogen-bond donors (Lipinski definition) is 1. The molecule has 1 N–H and O–H groups in total. The maximum absolute atomic E-state index is 6.33. The molecule has 2 aromatic heterocycles. The van der Waals surface area contributed by atoms with Gasteiger partial charge in [-0.15, -0.1) is 11.3 Å². The number of aromatic nitrogens is 1. The van der Waals surface area contributed by atoms with Crippen LogP contribution >= 0.6 is 22.9 Å². The number of nitrogens with one attached hydrogen (secondary N) is 1. The van der Waals surface area contributed by atoms with E-state index >= 15 is 0 Å². The van der Waals surface area contributed by atoms with Gasteiger partial charge in [-0.3, -0.25) is 4.90 Å². The number of nitrogens with zero attached hydrogens (tertiary/aromatic N) is 2. The van der Waals surface area contributed by atoms with E-state index < -0.39 is 0 Å². The summed E-state index contributed by atoms with van der Waals surface area (Å²) in [4.78, 5) is 9.86. The van der Waals surface area contributed by atoms with Gasteiger partial charge in [-0.05, 0) is 56.6 Å². The lowest BCUT2D eigenvalue weighted by Crippen LogP contribution is -2.46. The van der Waals surface area contributed by atoms with Gasteiger partial charge in [0.15, 0.2) is 0 Å². The fourth-order valence-corrected chi connectivity index (χ4v) is 6.46. The molecule has 3 aliphatic rings. The zero-order valence-electron chi connectivity index (χ0n) is 15.1. The molecule has 4 nitrogen and oxygen atoms in total. The molecule has 1 saturated carbocycles. The van der Waals surface area contributed by atoms with E-state index in [2.05, 4.69) is 15.2 Å². The highest BCUT2D eigenvalue weighted by atomic mass is 35.5. The maximum Gasteiger partial charge on any atom is 0.132 e. The number of aryl methyl sites for hydroxylation is 2. The first-order valence-electron chi connectivity index (χ1n) is 9.97. The van der Waals surface area contributed by atoms with Gasteiger partial charge in [0.2, 0.25) is 0 Å². The Labute approximate surface area is 163 Å². The van der Waals surface area contributed by atoms with Crippen LogP contribution in [0.2, 0.25) is 5.15 Å². The van der Waals surface area contributed by atoms with Crippen LogP contribution in [0.1, 0.15) is 42.5 Å². The Morgan fingerprint density at radius 1 is 1.15 bits per heavy atom. The minimum atomic E-state index is 0.547. The van der Waals surface area contributed by atoms with E-state index in [1.165, 1.54) is 66.5 Å². The standard InChI is InChI=1S/C20H26ClN3OS/c21-18-12-16(19-15-2-1-3-17(15)26-20(19)23-18)22-13-4-6-14(7-5-13)24-8-10-25-11-9-24/h12-14H,1-11H2,(H,22,23)/t13-,14-. The number of pyridine rings is 1. The molecular weight excluding hydrogens is 366 g/mol. The minimum absolute atomic E-state index is 0.547. The highest BCUT2D eigenvalue weighted by Crippen LogP contribution is 2.41. The fourth-order valence-electron chi connectivity index (χ4n) is 4.93. The van der Waals surface area contributed by atoms with Gasteiger partial charge in [0.25, 0.3) is 0 Å². The van der Waals surface area contributed by atoms with Crippen molar-refractivity contribution in [2.24, 2.45) is 0 Å². The zero-order chi connectivity index (χ0) is 17.5. The van der Waals surface area contributed by atoms with Crippen LogP contribution in [0.15, 0.2) is 6.07 Å². The molecule has 0 aromatic carbocycles. The minimum Gasteiger partial charge on any atom is -0.382 e. The van der Waals surface area contributed by atoms with Crippen molar-refractivity contribution in [3.8, 4) is 0 Å². The number of fused-ring (bicyclic) bond motifs is 3. The first kappa shape index (κ1) is 17.2. The van der Waals surface area contributed by atoms with Crippen molar-refractivity contribution in [1.82, 2.24) is 9.88 Å². The summed E-state index contributed by atoms with van der Waals surface area (Å²) in [7, 11) is 0. The second-order valence-electron chi connectivity index (χ2n) is 7.83. The van der Waals surface area contributed by atoms with Gasteiger partial charge in [-0.25, -0.2) is 4.98 Å². The summed E-state index contributed by atoms with van der Waals surface area (Å²) in [6.45, 7) is 4.00. The summed E-state index contributed by atoms with van der Waals surface area (Å²) in [5, 5.41) is 5.81. The second kappa shape index (κ2) is 7.27. The van der Waals surface area contributed by atoms with Crippen LogP contribution in [0.25, 0.3) is 10.2 Å². The van der Waals surface area contributed by atoms with Gasteiger partial charge in [0, 0.05) is 41.1 Å². The van der Waals surface area contributed by atoms with Crippen LogP contribution in [0.5, 0.6) is 0 Å². The summed E-state index contributed by atoms with van der Waals surface area (Å²) >= 11 is 8.17. The van der Waals surface area contributed by atoms with Crippen molar-refractivity contribution in [2.75, 3.05) is 31.6 Å². The van der Waals surface area contributed by atoms with Crippen LogP contribution in [-0.2, 0) is 17.6 Å². The molecule has 1 saturated heterocycles. The smallest absolute Gasteiger partial charge is 0.132 e. The Kier molecular flexibility index (Phi) is 4.82. The Morgan fingerprint density at radius 3 is 2.77 bits per heavy atom. The van der Waals surface area contributed by atoms with Crippen molar-refractivity contribution < 1.29 is 4.74 Å². The SMILES string of the molecule is Clc1cc(N[C@H]2CC[C@H](N3CCOCC3)CC2)c2c3c(sc2n1)CCC3. The van der Waals surface area contributed by atoms with Gasteiger partial charge >= 0.3 is 0 Å². The highest BCUT2D eigenvalue weighted by molar-refractivity contribution is 7.19. The van der Waals surface area contributed by atoms with Gasteiger partial charge in [0.1, 0.15) is 9.98 Å². The first-order valence-corrected chi connectivity index (χ1v) is 11.2. The number of hydrogen-bond acceptors (Lipinski definition) is 5. The Bertz CT molecular complexity index is 794. The molecule has 0 radical (unpaired) electrons. The average molecular weight is 392 g/mol. The molecule has 0 spiro atoms. The second-order valence-corrected chi connectivity index (χ2v) is 9.30. The number of morpholine rings is 1. The Hall–Kier alpha value is -0.880. The molecule has 26 heavy (non-hydrogen) atoms. The fraction of sp³-hybridized carbons (Fsp3) is 0.650. The number of ether oxygens (including phenoxy) is 1. The molecule has 6 heteroatoms. The normalized spacial score (nSPS) is 27.0. The lowest BCUT2D eigenvalue weighted by atomic mass is 9.89. The lowest BCUT2D eigenvalue weighted by Gasteiger charge is -2.39. The van der Waals surface area contributed by atoms with Crippen molar-refractivity contribution >= 4 is 38.8 Å². The predicted octanol–water partition coefficient (Wildman–Crippen LogP) is 4.49. The number of anilines is 1. The van der Waals surface area contributed by atoms with Crippen LogP contribution in [0.4, 0.5) is 5.69 Å². The van der Waals surface area contributed by atoms with E-state index in [9.17, 15) is 0 Å². The highest BCUT2D eigenvalue weighted by Gasteiger charge is 2.28. The molecule has 2 aromatic rings. The first-order chi connectivity index (χ1) is 12.8.